The van der Waals surface area contributed by atoms with Crippen LogP contribution in [-0.4, -0.2) is 16.4 Å². The molecule has 0 aliphatic carbocycles. The zero-order valence-corrected chi connectivity index (χ0v) is 5.16. The molecule has 52 valence electrons. The number of nitrogens with zero attached hydrogens (tertiary/aromatic N) is 1. The van der Waals surface area contributed by atoms with Gasteiger partial charge in [-0.25, -0.2) is 4.79 Å². The highest BCUT2D eigenvalue weighted by Gasteiger charge is 1.70. The molecule has 0 heterocycles. The van der Waals surface area contributed by atoms with Gasteiger partial charge in [0.05, 0.1) is 6.07 Å². The highest BCUT2D eigenvalue weighted by atomic mass is 16.6. The zero-order chi connectivity index (χ0) is 7.70. The zero-order valence-electron chi connectivity index (χ0n) is 5.16. The number of carbonyl (C=O) groups is 1. The number of unbranched alkanes of at least 4 members (excludes halogenated alkanes) is 1. The first-order chi connectivity index (χ1) is 4.15. The van der Waals surface area contributed by atoms with Crippen LogP contribution in [-0.2, 0) is 0 Å². The second-order valence-corrected chi connectivity index (χ2v) is 1.19. The Bertz CT molecular complexity index is 101. The number of nitriles is 1. The summed E-state index contributed by atoms with van der Waals surface area (Å²) in [6, 6.07) is 2.02. The van der Waals surface area contributed by atoms with Crippen LogP contribution in [0.15, 0.2) is 0 Å². The number of hydrogen-bond acceptors (Lipinski definition) is 2. The van der Waals surface area contributed by atoms with Crippen LogP contribution in [0.5, 0.6) is 0 Å². The van der Waals surface area contributed by atoms with Gasteiger partial charge in [-0.3, -0.25) is 0 Å². The van der Waals surface area contributed by atoms with E-state index in [9.17, 15) is 0 Å². The maximum Gasteiger partial charge on any atom is 0.503 e. The van der Waals surface area contributed by atoms with Gasteiger partial charge in [-0.1, -0.05) is 6.92 Å². The summed E-state index contributed by atoms with van der Waals surface area (Å²) in [4.78, 5) is 8.56. The SMILES string of the molecule is CCCC#N.O=C(O)O. The highest BCUT2D eigenvalue weighted by molar-refractivity contribution is 5.53. The molecular formula is C5H9NO3. The first-order valence-corrected chi connectivity index (χ1v) is 2.44. The Morgan fingerprint density at radius 2 is 2.00 bits per heavy atom. The van der Waals surface area contributed by atoms with Gasteiger partial charge in [0.25, 0.3) is 0 Å². The molecular weight excluding hydrogens is 122 g/mol. The average molecular weight is 131 g/mol. The van der Waals surface area contributed by atoms with E-state index in [0.717, 1.165) is 6.42 Å². The monoisotopic (exact) mass is 131 g/mol. The Morgan fingerprint density at radius 3 is 2.00 bits per heavy atom. The number of rotatable bonds is 1. The predicted molar refractivity (Wildman–Crippen MR) is 31.2 cm³/mol. The van der Waals surface area contributed by atoms with Crippen molar-refractivity contribution in [1.29, 1.82) is 5.26 Å². The molecule has 0 aromatic heterocycles. The largest absolute Gasteiger partial charge is 0.503 e. The van der Waals surface area contributed by atoms with E-state index in [0.29, 0.717) is 6.42 Å². The van der Waals surface area contributed by atoms with Gasteiger partial charge in [-0.2, -0.15) is 5.26 Å². The van der Waals surface area contributed by atoms with Crippen LogP contribution in [0, 0.1) is 11.3 Å². The van der Waals surface area contributed by atoms with E-state index in [2.05, 4.69) is 0 Å². The molecule has 0 unspecified atom stereocenters. The molecule has 0 atom stereocenters. The molecule has 0 radical (unpaired) electrons. The van der Waals surface area contributed by atoms with Gasteiger partial charge < -0.3 is 10.2 Å². The van der Waals surface area contributed by atoms with E-state index < -0.39 is 6.16 Å². The molecule has 0 aliphatic rings. The lowest BCUT2D eigenvalue weighted by molar-refractivity contribution is 0.137. The van der Waals surface area contributed by atoms with Crippen molar-refractivity contribution in [2.24, 2.45) is 0 Å². The van der Waals surface area contributed by atoms with Crippen LogP contribution >= 0.6 is 0 Å². The van der Waals surface area contributed by atoms with Crippen molar-refractivity contribution < 1.29 is 15.0 Å². The van der Waals surface area contributed by atoms with Crippen molar-refractivity contribution in [2.45, 2.75) is 19.8 Å². The molecule has 0 aromatic rings. The second kappa shape index (κ2) is 9.90. The fourth-order valence-electron chi connectivity index (χ4n) is 0.112. The van der Waals surface area contributed by atoms with Crippen LogP contribution < -0.4 is 0 Å². The molecule has 0 fully saturated rings. The predicted octanol–water partition coefficient (Wildman–Crippen LogP) is 1.53. The molecule has 0 spiro atoms. The smallest absolute Gasteiger partial charge is 0.450 e. The average Bonchev–Trinajstić information content (AvgIpc) is 1.66. The molecule has 0 rings (SSSR count). The minimum atomic E-state index is -1.83. The molecule has 0 amide bonds. The Labute approximate surface area is 53.3 Å². The lowest BCUT2D eigenvalue weighted by Gasteiger charge is -1.65. The van der Waals surface area contributed by atoms with Crippen molar-refractivity contribution in [3.8, 4) is 6.07 Å². The summed E-state index contributed by atoms with van der Waals surface area (Å²) in [5.74, 6) is 0. The first kappa shape index (κ1) is 10.7. The van der Waals surface area contributed by atoms with Crippen LogP contribution in [0.1, 0.15) is 19.8 Å². The van der Waals surface area contributed by atoms with Gasteiger partial charge >= 0.3 is 6.16 Å². The van der Waals surface area contributed by atoms with Crippen molar-refractivity contribution >= 4 is 6.16 Å². The normalized spacial score (nSPS) is 6.22. The maximum absolute atomic E-state index is 8.56. The van der Waals surface area contributed by atoms with Crippen LogP contribution in [0.3, 0.4) is 0 Å². The summed E-state index contributed by atoms with van der Waals surface area (Å²) in [5.41, 5.74) is 0. The first-order valence-electron chi connectivity index (χ1n) is 2.44. The van der Waals surface area contributed by atoms with E-state index in [1.54, 1.807) is 0 Å². The Morgan fingerprint density at radius 1 is 1.67 bits per heavy atom. The summed E-state index contributed by atoms with van der Waals surface area (Å²) in [7, 11) is 0. The third kappa shape index (κ3) is 265. The summed E-state index contributed by atoms with van der Waals surface area (Å²) in [5, 5.41) is 21.8. The van der Waals surface area contributed by atoms with E-state index in [4.69, 9.17) is 20.3 Å². The van der Waals surface area contributed by atoms with Crippen molar-refractivity contribution in [3.05, 3.63) is 0 Å². The van der Waals surface area contributed by atoms with Gasteiger partial charge in [0.2, 0.25) is 0 Å². The number of hydrogen-bond donors (Lipinski definition) is 2. The van der Waals surface area contributed by atoms with Crippen molar-refractivity contribution in [2.75, 3.05) is 0 Å². The topological polar surface area (TPSA) is 81.3 Å². The lowest BCUT2D eigenvalue weighted by Crippen LogP contribution is -1.81. The minimum Gasteiger partial charge on any atom is -0.450 e. The summed E-state index contributed by atoms with van der Waals surface area (Å²) < 4.78 is 0. The lowest BCUT2D eigenvalue weighted by atomic mass is 10.4. The molecule has 0 aliphatic heterocycles. The molecule has 9 heavy (non-hydrogen) atoms. The van der Waals surface area contributed by atoms with E-state index >= 15 is 0 Å². The van der Waals surface area contributed by atoms with Crippen molar-refractivity contribution in [1.82, 2.24) is 0 Å². The van der Waals surface area contributed by atoms with Crippen LogP contribution in [0.2, 0.25) is 0 Å². The molecule has 2 N–H and O–H groups in total. The fraction of sp³-hybridized carbons (Fsp3) is 0.600. The molecule has 0 aromatic carbocycles. The second-order valence-electron chi connectivity index (χ2n) is 1.19. The molecule has 4 heteroatoms. The van der Waals surface area contributed by atoms with E-state index in [1.807, 2.05) is 13.0 Å². The Kier molecular flexibility index (Phi) is 11.8. The van der Waals surface area contributed by atoms with Crippen molar-refractivity contribution in [3.63, 3.8) is 0 Å². The fourth-order valence-corrected chi connectivity index (χ4v) is 0.112. The Hall–Kier alpha value is -1.24. The third-order valence-electron chi connectivity index (χ3n) is 0.362. The van der Waals surface area contributed by atoms with E-state index in [-0.39, 0.29) is 0 Å². The molecule has 0 saturated carbocycles. The minimum absolute atomic E-state index is 0.694. The van der Waals surface area contributed by atoms with Gasteiger partial charge in [0.15, 0.2) is 0 Å². The molecule has 0 saturated heterocycles. The quantitative estimate of drug-likeness (QED) is 0.565. The third-order valence-corrected chi connectivity index (χ3v) is 0.362. The summed E-state index contributed by atoms with van der Waals surface area (Å²) in [6.07, 6.45) is -0.156. The maximum atomic E-state index is 8.56. The van der Waals surface area contributed by atoms with E-state index in [1.165, 1.54) is 0 Å². The van der Waals surface area contributed by atoms with Crippen LogP contribution in [0.4, 0.5) is 4.79 Å². The van der Waals surface area contributed by atoms with Gasteiger partial charge in [-0.05, 0) is 6.42 Å². The highest BCUT2D eigenvalue weighted by Crippen LogP contribution is 1.77. The summed E-state index contributed by atoms with van der Waals surface area (Å²) in [6.45, 7) is 1.99. The number of carboxylic acid groups (broad SMARTS) is 2. The standard InChI is InChI=1S/C4H7N.CH2O3/c1-2-3-4-5;2-1(3)4/h2-3H2,1H3;(H2,2,3,4). The van der Waals surface area contributed by atoms with Gasteiger partial charge in [0.1, 0.15) is 0 Å². The van der Waals surface area contributed by atoms with Crippen LogP contribution in [0.25, 0.3) is 0 Å². The van der Waals surface area contributed by atoms with Gasteiger partial charge in [0, 0.05) is 6.42 Å². The summed E-state index contributed by atoms with van der Waals surface area (Å²) >= 11 is 0. The Balaban J connectivity index is 0. The molecule has 0 bridgehead atoms. The van der Waals surface area contributed by atoms with Gasteiger partial charge in [-0.15, -0.1) is 0 Å². The molecule has 4 nitrogen and oxygen atoms in total.